The Morgan fingerprint density at radius 3 is 2.79 bits per heavy atom. The van der Waals surface area contributed by atoms with E-state index in [1.54, 1.807) is 7.11 Å². The fraction of sp³-hybridized carbons (Fsp3) is 0.700. The van der Waals surface area contributed by atoms with Crippen molar-refractivity contribution in [2.24, 2.45) is 0 Å². The Bertz CT molecular complexity index is 305. The maximum atomic E-state index is 5.32. The Balaban J connectivity index is 2.26. The first-order chi connectivity index (χ1) is 6.77. The maximum absolute atomic E-state index is 5.32. The minimum Gasteiger partial charge on any atom is -0.382 e. The molecule has 0 aromatic carbocycles. The number of nitrogens with zero attached hydrogens (tertiary/aromatic N) is 2. The van der Waals surface area contributed by atoms with Gasteiger partial charge in [-0.3, -0.25) is 4.68 Å². The Hall–Kier alpha value is -0.350. The lowest BCUT2D eigenvalue weighted by molar-refractivity contribution is 0.0808. The molecule has 0 radical (unpaired) electrons. The van der Waals surface area contributed by atoms with Crippen LogP contribution >= 0.6 is 15.9 Å². The van der Waals surface area contributed by atoms with E-state index in [2.05, 4.69) is 25.7 Å². The van der Waals surface area contributed by atoms with Crippen molar-refractivity contribution < 1.29 is 4.74 Å². The predicted octanol–water partition coefficient (Wildman–Crippen LogP) is 2.56. The van der Waals surface area contributed by atoms with Crippen LogP contribution in [0, 0.1) is 0 Å². The Morgan fingerprint density at radius 1 is 1.57 bits per heavy atom. The van der Waals surface area contributed by atoms with Crippen LogP contribution in [0.2, 0.25) is 0 Å². The molecular formula is C10H15BrN2O. The second-order valence-corrected chi connectivity index (χ2v) is 4.88. The largest absolute Gasteiger partial charge is 0.382 e. The van der Waals surface area contributed by atoms with E-state index in [-0.39, 0.29) is 5.54 Å². The standard InChI is InChI=1S/C10H15BrN2O/c1-14-8-10(4-2-3-5-10)13-7-9(11)6-12-13/h6-7H,2-5,8H2,1H3. The molecule has 78 valence electrons. The van der Waals surface area contributed by atoms with E-state index in [9.17, 15) is 0 Å². The quantitative estimate of drug-likeness (QED) is 0.834. The van der Waals surface area contributed by atoms with Crippen molar-refractivity contribution in [2.75, 3.05) is 13.7 Å². The highest BCUT2D eigenvalue weighted by atomic mass is 79.9. The second-order valence-electron chi connectivity index (χ2n) is 3.97. The van der Waals surface area contributed by atoms with Gasteiger partial charge in [-0.2, -0.15) is 5.10 Å². The molecule has 14 heavy (non-hydrogen) atoms. The van der Waals surface area contributed by atoms with E-state index in [1.165, 1.54) is 25.7 Å². The van der Waals surface area contributed by atoms with Gasteiger partial charge in [-0.1, -0.05) is 12.8 Å². The highest BCUT2D eigenvalue weighted by Gasteiger charge is 2.36. The number of halogens is 1. The van der Waals surface area contributed by atoms with Crippen molar-refractivity contribution >= 4 is 15.9 Å². The zero-order valence-electron chi connectivity index (χ0n) is 8.37. The number of hydrogen-bond donors (Lipinski definition) is 0. The zero-order valence-corrected chi connectivity index (χ0v) is 9.96. The summed E-state index contributed by atoms with van der Waals surface area (Å²) in [6.07, 6.45) is 8.80. The zero-order chi connectivity index (χ0) is 10.0. The van der Waals surface area contributed by atoms with Crippen molar-refractivity contribution in [2.45, 2.75) is 31.2 Å². The molecule has 1 fully saturated rings. The van der Waals surface area contributed by atoms with Gasteiger partial charge in [0, 0.05) is 13.3 Å². The van der Waals surface area contributed by atoms with Gasteiger partial charge in [-0.05, 0) is 28.8 Å². The summed E-state index contributed by atoms with van der Waals surface area (Å²) in [5.41, 5.74) is 0.112. The average molecular weight is 259 g/mol. The van der Waals surface area contributed by atoms with Crippen molar-refractivity contribution in [3.8, 4) is 0 Å². The molecule has 4 heteroatoms. The molecule has 0 atom stereocenters. The lowest BCUT2D eigenvalue weighted by atomic mass is 9.99. The molecule has 0 saturated heterocycles. The Labute approximate surface area is 92.6 Å². The summed E-state index contributed by atoms with van der Waals surface area (Å²) in [7, 11) is 1.76. The van der Waals surface area contributed by atoms with Crippen LogP contribution in [0.3, 0.4) is 0 Å². The van der Waals surface area contributed by atoms with Gasteiger partial charge < -0.3 is 4.74 Å². The molecule has 0 amide bonds. The maximum Gasteiger partial charge on any atom is 0.0860 e. The number of methoxy groups -OCH3 is 1. The number of ether oxygens (including phenoxy) is 1. The molecule has 0 aliphatic heterocycles. The molecule has 1 aromatic heterocycles. The fourth-order valence-electron chi connectivity index (χ4n) is 2.30. The summed E-state index contributed by atoms with van der Waals surface area (Å²) in [5.74, 6) is 0. The van der Waals surface area contributed by atoms with E-state index in [0.717, 1.165) is 11.1 Å². The van der Waals surface area contributed by atoms with Crippen molar-refractivity contribution in [3.63, 3.8) is 0 Å². The first-order valence-electron chi connectivity index (χ1n) is 4.96. The SMILES string of the molecule is COCC1(n2cc(Br)cn2)CCCC1. The molecule has 0 N–H and O–H groups in total. The van der Waals surface area contributed by atoms with E-state index >= 15 is 0 Å². The smallest absolute Gasteiger partial charge is 0.0860 e. The monoisotopic (exact) mass is 258 g/mol. The third-order valence-corrected chi connectivity index (χ3v) is 3.39. The molecule has 3 nitrogen and oxygen atoms in total. The van der Waals surface area contributed by atoms with Gasteiger partial charge in [-0.25, -0.2) is 0 Å². The summed E-state index contributed by atoms with van der Waals surface area (Å²) in [6.45, 7) is 0.765. The third-order valence-electron chi connectivity index (χ3n) is 2.98. The molecule has 1 aliphatic carbocycles. The van der Waals surface area contributed by atoms with Crippen LogP contribution in [0.15, 0.2) is 16.9 Å². The summed E-state index contributed by atoms with van der Waals surface area (Å²) < 4.78 is 8.42. The van der Waals surface area contributed by atoms with Crippen LogP contribution in [0.25, 0.3) is 0 Å². The number of hydrogen-bond acceptors (Lipinski definition) is 2. The predicted molar refractivity (Wildman–Crippen MR) is 58.2 cm³/mol. The van der Waals surface area contributed by atoms with Crippen molar-refractivity contribution in [1.29, 1.82) is 0 Å². The number of rotatable bonds is 3. The Morgan fingerprint density at radius 2 is 2.29 bits per heavy atom. The molecule has 0 spiro atoms. The normalized spacial score (nSPS) is 20.1. The van der Waals surface area contributed by atoms with Crippen molar-refractivity contribution in [1.82, 2.24) is 9.78 Å². The van der Waals surface area contributed by atoms with Crippen LogP contribution in [0.4, 0.5) is 0 Å². The molecule has 2 rings (SSSR count). The van der Waals surface area contributed by atoms with E-state index in [4.69, 9.17) is 4.74 Å². The van der Waals surface area contributed by atoms with Gasteiger partial charge in [0.1, 0.15) is 0 Å². The first kappa shape index (κ1) is 10.2. The van der Waals surface area contributed by atoms with Crippen LogP contribution in [0.1, 0.15) is 25.7 Å². The minimum absolute atomic E-state index is 0.112. The van der Waals surface area contributed by atoms with Gasteiger partial charge in [0.05, 0.1) is 22.8 Å². The van der Waals surface area contributed by atoms with Gasteiger partial charge >= 0.3 is 0 Å². The average Bonchev–Trinajstić information content (AvgIpc) is 2.75. The molecule has 0 unspecified atom stereocenters. The van der Waals surface area contributed by atoms with Crippen LogP contribution < -0.4 is 0 Å². The highest BCUT2D eigenvalue weighted by molar-refractivity contribution is 9.10. The summed E-state index contributed by atoms with van der Waals surface area (Å²) in [4.78, 5) is 0. The third kappa shape index (κ3) is 1.73. The minimum atomic E-state index is 0.112. The topological polar surface area (TPSA) is 27.1 Å². The number of aromatic nitrogens is 2. The fourth-order valence-corrected chi connectivity index (χ4v) is 2.59. The van der Waals surface area contributed by atoms with Crippen LogP contribution in [0.5, 0.6) is 0 Å². The molecule has 1 heterocycles. The lowest BCUT2D eigenvalue weighted by Gasteiger charge is -2.28. The highest BCUT2D eigenvalue weighted by Crippen LogP contribution is 2.36. The van der Waals surface area contributed by atoms with E-state index < -0.39 is 0 Å². The van der Waals surface area contributed by atoms with Crippen LogP contribution in [-0.4, -0.2) is 23.5 Å². The van der Waals surface area contributed by atoms with Gasteiger partial charge in [-0.15, -0.1) is 0 Å². The van der Waals surface area contributed by atoms with Crippen molar-refractivity contribution in [3.05, 3.63) is 16.9 Å². The summed E-state index contributed by atoms with van der Waals surface area (Å²) in [6, 6.07) is 0. The molecule has 1 aromatic rings. The van der Waals surface area contributed by atoms with Gasteiger partial charge in [0.25, 0.3) is 0 Å². The van der Waals surface area contributed by atoms with E-state index in [0.29, 0.717) is 0 Å². The van der Waals surface area contributed by atoms with Gasteiger partial charge in [0.15, 0.2) is 0 Å². The Kier molecular flexibility index (Phi) is 2.93. The lowest BCUT2D eigenvalue weighted by Crippen LogP contribution is -2.35. The van der Waals surface area contributed by atoms with Crippen LogP contribution in [-0.2, 0) is 10.3 Å². The summed E-state index contributed by atoms with van der Waals surface area (Å²) >= 11 is 3.43. The summed E-state index contributed by atoms with van der Waals surface area (Å²) in [5, 5.41) is 4.38. The first-order valence-corrected chi connectivity index (χ1v) is 5.76. The molecule has 0 bridgehead atoms. The molecular weight excluding hydrogens is 244 g/mol. The van der Waals surface area contributed by atoms with E-state index in [1.807, 2.05) is 12.4 Å². The molecule has 1 saturated carbocycles. The second kappa shape index (κ2) is 4.03. The van der Waals surface area contributed by atoms with Gasteiger partial charge in [0.2, 0.25) is 0 Å². The molecule has 1 aliphatic rings.